The van der Waals surface area contributed by atoms with Crippen LogP contribution in [0.25, 0.3) is 0 Å². The Bertz CT molecular complexity index is 555. The number of carbonyl (C=O) groups excluding carboxylic acids is 1. The molecular formula is C16H19N3O. The van der Waals surface area contributed by atoms with Crippen LogP contribution in [-0.2, 0) is 6.54 Å². The molecule has 4 nitrogen and oxygen atoms in total. The van der Waals surface area contributed by atoms with Gasteiger partial charge in [0.1, 0.15) is 11.5 Å². The number of hydrogen-bond acceptors (Lipinski definition) is 3. The van der Waals surface area contributed by atoms with Crippen molar-refractivity contribution in [3.8, 4) is 0 Å². The van der Waals surface area contributed by atoms with Crippen molar-refractivity contribution < 1.29 is 4.79 Å². The number of nitrogens with one attached hydrogen (secondary N) is 2. The first-order valence-corrected chi connectivity index (χ1v) is 6.82. The Kier molecular flexibility index (Phi) is 5.12. The first-order chi connectivity index (χ1) is 9.79. The molecule has 0 fully saturated rings. The molecule has 2 N–H and O–H groups in total. The van der Waals surface area contributed by atoms with Crippen molar-refractivity contribution in [1.82, 2.24) is 10.3 Å². The van der Waals surface area contributed by atoms with E-state index in [4.69, 9.17) is 0 Å². The van der Waals surface area contributed by atoms with E-state index in [1.165, 1.54) is 0 Å². The van der Waals surface area contributed by atoms with Gasteiger partial charge in [0.2, 0.25) is 0 Å². The third kappa shape index (κ3) is 4.09. The molecule has 4 heteroatoms. The molecule has 2 rings (SSSR count). The summed E-state index contributed by atoms with van der Waals surface area (Å²) in [4.78, 5) is 16.3. The lowest BCUT2D eigenvalue weighted by molar-refractivity contribution is 0.0946. The van der Waals surface area contributed by atoms with Gasteiger partial charge < -0.3 is 10.6 Å². The zero-order valence-electron chi connectivity index (χ0n) is 11.6. The van der Waals surface area contributed by atoms with Crippen molar-refractivity contribution in [3.05, 3.63) is 59.8 Å². The summed E-state index contributed by atoms with van der Waals surface area (Å²) in [6.45, 7) is 3.44. The average Bonchev–Trinajstić information content (AvgIpc) is 2.52. The van der Waals surface area contributed by atoms with Gasteiger partial charge in [0.25, 0.3) is 5.91 Å². The van der Waals surface area contributed by atoms with Gasteiger partial charge >= 0.3 is 0 Å². The quantitative estimate of drug-likeness (QED) is 0.848. The molecule has 20 heavy (non-hydrogen) atoms. The van der Waals surface area contributed by atoms with Gasteiger partial charge in [-0.3, -0.25) is 4.79 Å². The van der Waals surface area contributed by atoms with Crippen LogP contribution < -0.4 is 10.6 Å². The smallest absolute Gasteiger partial charge is 0.270 e. The molecule has 1 amide bonds. The molecule has 2 aromatic rings. The Hall–Kier alpha value is -2.36. The van der Waals surface area contributed by atoms with Crippen molar-refractivity contribution >= 4 is 11.7 Å². The molecule has 0 saturated carbocycles. The number of benzene rings is 1. The first kappa shape index (κ1) is 14.1. The molecule has 104 valence electrons. The molecule has 0 unspecified atom stereocenters. The van der Waals surface area contributed by atoms with E-state index >= 15 is 0 Å². The lowest BCUT2D eigenvalue weighted by atomic mass is 10.2. The number of hydrogen-bond donors (Lipinski definition) is 2. The Morgan fingerprint density at radius 1 is 1.10 bits per heavy atom. The standard InChI is InChI=1S/C16H19N3O/c1-2-11-17-15-10-6-9-14(19-15)16(20)18-12-13-7-4-3-5-8-13/h3-10H,2,11-12H2,1H3,(H,17,19)(H,18,20). The second-order valence-electron chi connectivity index (χ2n) is 4.50. The Balaban J connectivity index is 1.95. The predicted octanol–water partition coefficient (Wildman–Crippen LogP) is 2.83. The van der Waals surface area contributed by atoms with Gasteiger partial charge in [0.05, 0.1) is 0 Å². The summed E-state index contributed by atoms with van der Waals surface area (Å²) in [5.74, 6) is 0.577. The minimum absolute atomic E-state index is 0.158. The van der Waals surface area contributed by atoms with E-state index in [9.17, 15) is 4.79 Å². The van der Waals surface area contributed by atoms with Crippen molar-refractivity contribution in [2.45, 2.75) is 19.9 Å². The van der Waals surface area contributed by atoms with Gasteiger partial charge in [0, 0.05) is 13.1 Å². The van der Waals surface area contributed by atoms with Crippen LogP contribution in [0.5, 0.6) is 0 Å². The zero-order valence-corrected chi connectivity index (χ0v) is 11.6. The summed E-state index contributed by atoms with van der Waals surface area (Å²) in [6, 6.07) is 15.2. The highest BCUT2D eigenvalue weighted by molar-refractivity contribution is 5.92. The molecule has 0 atom stereocenters. The highest BCUT2D eigenvalue weighted by Gasteiger charge is 2.07. The minimum atomic E-state index is -0.158. The van der Waals surface area contributed by atoms with Gasteiger partial charge in [-0.25, -0.2) is 4.98 Å². The average molecular weight is 269 g/mol. The fourth-order valence-electron chi connectivity index (χ4n) is 1.78. The van der Waals surface area contributed by atoms with E-state index in [2.05, 4.69) is 22.5 Å². The number of carbonyl (C=O) groups is 1. The van der Waals surface area contributed by atoms with Gasteiger partial charge in [0.15, 0.2) is 0 Å². The highest BCUT2D eigenvalue weighted by Crippen LogP contribution is 2.05. The largest absolute Gasteiger partial charge is 0.370 e. The Morgan fingerprint density at radius 3 is 2.65 bits per heavy atom. The summed E-state index contributed by atoms with van der Waals surface area (Å²) < 4.78 is 0. The topological polar surface area (TPSA) is 54.0 Å². The molecule has 0 radical (unpaired) electrons. The molecule has 1 heterocycles. The highest BCUT2D eigenvalue weighted by atomic mass is 16.1. The van der Waals surface area contributed by atoms with Gasteiger partial charge in [-0.05, 0) is 24.1 Å². The van der Waals surface area contributed by atoms with Crippen molar-refractivity contribution in [3.63, 3.8) is 0 Å². The second kappa shape index (κ2) is 7.28. The normalized spacial score (nSPS) is 10.1. The molecule has 0 bridgehead atoms. The van der Waals surface area contributed by atoms with E-state index in [1.807, 2.05) is 42.5 Å². The maximum absolute atomic E-state index is 12.0. The van der Waals surface area contributed by atoms with Crippen molar-refractivity contribution in [1.29, 1.82) is 0 Å². The molecular weight excluding hydrogens is 250 g/mol. The minimum Gasteiger partial charge on any atom is -0.370 e. The van der Waals surface area contributed by atoms with Gasteiger partial charge in [-0.15, -0.1) is 0 Å². The SMILES string of the molecule is CCCNc1cccc(C(=O)NCc2ccccc2)n1. The van der Waals surface area contributed by atoms with Crippen LogP contribution in [0.3, 0.4) is 0 Å². The summed E-state index contributed by atoms with van der Waals surface area (Å²) in [5, 5.41) is 6.04. The number of amides is 1. The number of pyridine rings is 1. The van der Waals surface area contributed by atoms with E-state index < -0.39 is 0 Å². The van der Waals surface area contributed by atoms with Crippen molar-refractivity contribution in [2.75, 3.05) is 11.9 Å². The van der Waals surface area contributed by atoms with Gasteiger partial charge in [-0.1, -0.05) is 43.3 Å². The molecule has 0 aliphatic carbocycles. The van der Waals surface area contributed by atoms with Crippen LogP contribution in [0.1, 0.15) is 29.4 Å². The van der Waals surface area contributed by atoms with E-state index in [0.717, 1.165) is 24.3 Å². The first-order valence-electron chi connectivity index (χ1n) is 6.82. The predicted molar refractivity (Wildman–Crippen MR) is 80.6 cm³/mol. The molecule has 0 aliphatic rings. The number of rotatable bonds is 6. The van der Waals surface area contributed by atoms with Crippen LogP contribution in [0.4, 0.5) is 5.82 Å². The number of anilines is 1. The summed E-state index contributed by atoms with van der Waals surface area (Å²) >= 11 is 0. The lowest BCUT2D eigenvalue weighted by Crippen LogP contribution is -2.24. The summed E-state index contributed by atoms with van der Waals surface area (Å²) in [5.41, 5.74) is 1.50. The van der Waals surface area contributed by atoms with E-state index in [-0.39, 0.29) is 5.91 Å². The lowest BCUT2D eigenvalue weighted by Gasteiger charge is -2.07. The van der Waals surface area contributed by atoms with Crippen molar-refractivity contribution in [2.24, 2.45) is 0 Å². The fraction of sp³-hybridized carbons (Fsp3) is 0.250. The second-order valence-corrected chi connectivity index (χ2v) is 4.50. The number of aromatic nitrogens is 1. The Morgan fingerprint density at radius 2 is 1.90 bits per heavy atom. The molecule has 0 saturated heterocycles. The van der Waals surface area contributed by atoms with Crippen LogP contribution >= 0.6 is 0 Å². The maximum Gasteiger partial charge on any atom is 0.270 e. The van der Waals surface area contributed by atoms with Crippen LogP contribution in [-0.4, -0.2) is 17.4 Å². The number of nitrogens with zero attached hydrogens (tertiary/aromatic N) is 1. The molecule has 0 spiro atoms. The van der Waals surface area contributed by atoms with Crippen LogP contribution in [0.15, 0.2) is 48.5 Å². The third-order valence-corrected chi connectivity index (χ3v) is 2.83. The van der Waals surface area contributed by atoms with Gasteiger partial charge in [-0.2, -0.15) is 0 Å². The van der Waals surface area contributed by atoms with E-state index in [0.29, 0.717) is 12.2 Å². The summed E-state index contributed by atoms with van der Waals surface area (Å²) in [6.07, 6.45) is 1.02. The molecule has 1 aromatic heterocycles. The third-order valence-electron chi connectivity index (χ3n) is 2.83. The van der Waals surface area contributed by atoms with Crippen LogP contribution in [0.2, 0.25) is 0 Å². The monoisotopic (exact) mass is 269 g/mol. The Labute approximate surface area is 119 Å². The summed E-state index contributed by atoms with van der Waals surface area (Å²) in [7, 11) is 0. The van der Waals surface area contributed by atoms with E-state index in [1.54, 1.807) is 6.07 Å². The zero-order chi connectivity index (χ0) is 14.2. The fourth-order valence-corrected chi connectivity index (χ4v) is 1.78. The molecule has 0 aliphatic heterocycles. The maximum atomic E-state index is 12.0. The molecule has 1 aromatic carbocycles. The van der Waals surface area contributed by atoms with Crippen LogP contribution in [0, 0.1) is 0 Å².